The molecule has 0 spiro atoms. The van der Waals surface area contributed by atoms with E-state index in [0.717, 1.165) is 40.6 Å². The van der Waals surface area contributed by atoms with E-state index < -0.39 is 5.60 Å². The number of aryl methyl sites for hydroxylation is 1. The largest absolute Gasteiger partial charge is 0.383 e. The van der Waals surface area contributed by atoms with Crippen LogP contribution in [0.5, 0.6) is 0 Å². The zero-order valence-corrected chi connectivity index (χ0v) is 23.9. The lowest BCUT2D eigenvalue weighted by Gasteiger charge is -2.31. The molecule has 0 radical (unpaired) electrons. The molecule has 0 bridgehead atoms. The van der Waals surface area contributed by atoms with Gasteiger partial charge in [-0.2, -0.15) is 5.10 Å². The van der Waals surface area contributed by atoms with Crippen molar-refractivity contribution in [3.8, 4) is 22.4 Å². The summed E-state index contributed by atoms with van der Waals surface area (Å²) in [5.74, 6) is 0.164. The monoisotopic (exact) mass is 556 g/mol. The fourth-order valence-electron chi connectivity index (χ4n) is 5.29. The quantitative estimate of drug-likeness (QED) is 0.317. The second-order valence-corrected chi connectivity index (χ2v) is 10.9. The smallest absolute Gasteiger partial charge is 0.251 e. The third-order valence-electron chi connectivity index (χ3n) is 7.86. The van der Waals surface area contributed by atoms with E-state index in [0.29, 0.717) is 36.7 Å². The van der Waals surface area contributed by atoms with Crippen LogP contribution in [0.2, 0.25) is 0 Å². The molecule has 11 heteroatoms. The van der Waals surface area contributed by atoms with Crippen molar-refractivity contribution in [1.82, 2.24) is 34.5 Å². The number of nitrogens with zero attached hydrogens (tertiary/aromatic N) is 6. The van der Waals surface area contributed by atoms with Gasteiger partial charge < -0.3 is 25.3 Å². The topological polar surface area (TPSA) is 133 Å². The van der Waals surface area contributed by atoms with E-state index in [1.807, 2.05) is 59.6 Å². The number of nitrogens with one attached hydrogen (secondary N) is 1. The molecule has 1 fully saturated rings. The minimum absolute atomic E-state index is 0.0363. The maximum Gasteiger partial charge on any atom is 0.251 e. The van der Waals surface area contributed by atoms with Crippen molar-refractivity contribution in [2.45, 2.75) is 38.3 Å². The molecule has 1 aliphatic rings. The molecule has 3 aromatic heterocycles. The highest BCUT2D eigenvalue weighted by Crippen LogP contribution is 2.41. The number of nitrogen functional groups attached to an aromatic ring is 1. The maximum atomic E-state index is 12.8. The molecule has 11 nitrogen and oxygen atoms in total. The van der Waals surface area contributed by atoms with Crippen LogP contribution in [0.3, 0.4) is 0 Å². The van der Waals surface area contributed by atoms with Crippen LogP contribution in [0.15, 0.2) is 55.6 Å². The number of carbonyl (C=O) groups is 2. The van der Waals surface area contributed by atoms with Crippen molar-refractivity contribution in [3.05, 3.63) is 61.2 Å². The first-order chi connectivity index (χ1) is 19.6. The van der Waals surface area contributed by atoms with E-state index >= 15 is 0 Å². The summed E-state index contributed by atoms with van der Waals surface area (Å²) in [5.41, 5.74) is 10.7. The summed E-state index contributed by atoms with van der Waals surface area (Å²) in [7, 11) is 3.57. The Morgan fingerprint density at radius 3 is 2.54 bits per heavy atom. The molecule has 214 valence electrons. The highest BCUT2D eigenvalue weighted by molar-refractivity contribution is 6.08. The minimum Gasteiger partial charge on any atom is -0.383 e. The zero-order chi connectivity index (χ0) is 29.3. The van der Waals surface area contributed by atoms with Gasteiger partial charge >= 0.3 is 0 Å². The number of benzene rings is 1. The molecule has 0 unspecified atom stereocenters. The van der Waals surface area contributed by atoms with Crippen LogP contribution in [-0.4, -0.2) is 73.4 Å². The van der Waals surface area contributed by atoms with E-state index in [1.54, 1.807) is 19.2 Å². The number of ether oxygens (including phenoxy) is 1. The number of methoxy groups -OCH3 is 1. The normalized spacial score (nSPS) is 14.4. The van der Waals surface area contributed by atoms with Crippen LogP contribution in [0, 0.1) is 0 Å². The summed E-state index contributed by atoms with van der Waals surface area (Å²) in [6.07, 6.45) is 8.34. The van der Waals surface area contributed by atoms with Gasteiger partial charge in [0.2, 0.25) is 5.91 Å². The SMILES string of the molecule is C=CC(=O)N1CCC(n2cc(-c3c(-c4ccc(C(=O)NCC(C)(C)OC)cc4)c4c(N)ncnc4n3C)cn2)CC1. The average Bonchev–Trinajstić information content (AvgIpc) is 3.59. The van der Waals surface area contributed by atoms with Crippen molar-refractivity contribution in [1.29, 1.82) is 0 Å². The minimum atomic E-state index is -0.463. The number of carbonyl (C=O) groups excluding carboxylic acids is 2. The second kappa shape index (κ2) is 11.2. The molecule has 2 amide bonds. The van der Waals surface area contributed by atoms with Crippen molar-refractivity contribution in [2.75, 3.05) is 32.5 Å². The molecule has 4 heterocycles. The van der Waals surface area contributed by atoms with E-state index in [-0.39, 0.29) is 17.9 Å². The highest BCUT2D eigenvalue weighted by atomic mass is 16.5. The van der Waals surface area contributed by atoms with Gasteiger partial charge in [0.05, 0.1) is 28.9 Å². The Kier molecular flexibility index (Phi) is 7.63. The molecular formula is C30H36N8O3. The highest BCUT2D eigenvalue weighted by Gasteiger charge is 2.26. The molecule has 0 aliphatic carbocycles. The number of hydrogen-bond acceptors (Lipinski definition) is 7. The Balaban J connectivity index is 1.48. The second-order valence-electron chi connectivity index (χ2n) is 10.9. The molecule has 4 aromatic rings. The zero-order valence-electron chi connectivity index (χ0n) is 23.9. The Hall–Kier alpha value is -4.51. The number of amides is 2. The van der Waals surface area contributed by atoms with Gasteiger partial charge in [-0.1, -0.05) is 18.7 Å². The van der Waals surface area contributed by atoms with Crippen molar-refractivity contribution >= 4 is 28.7 Å². The summed E-state index contributed by atoms with van der Waals surface area (Å²) >= 11 is 0. The standard InChI is InChI=1S/C30H36N8O3/c1-6-23(39)37-13-11-22(12-14-37)38-16-21(15-35-38)26-24(25-27(31)33-18-34-28(25)36(26)4)19-7-9-20(10-8-19)29(40)32-17-30(2,3)41-5/h6-10,15-16,18,22H,1,11-14,17H2,2-5H3,(H,32,40)(H2,31,33,34). The first-order valence-electron chi connectivity index (χ1n) is 13.6. The van der Waals surface area contributed by atoms with Crippen LogP contribution in [0.25, 0.3) is 33.4 Å². The summed E-state index contributed by atoms with van der Waals surface area (Å²) in [4.78, 5) is 35.4. The third kappa shape index (κ3) is 5.45. The summed E-state index contributed by atoms with van der Waals surface area (Å²) < 4.78 is 9.39. The number of piperidine rings is 1. The van der Waals surface area contributed by atoms with Gasteiger partial charge in [-0.15, -0.1) is 0 Å². The lowest BCUT2D eigenvalue weighted by molar-refractivity contribution is -0.127. The number of rotatable bonds is 8. The molecule has 1 aliphatic heterocycles. The number of hydrogen-bond donors (Lipinski definition) is 2. The van der Waals surface area contributed by atoms with Crippen LogP contribution in [0.1, 0.15) is 43.1 Å². The maximum absolute atomic E-state index is 12.8. The number of fused-ring (bicyclic) bond motifs is 1. The van der Waals surface area contributed by atoms with Crippen molar-refractivity contribution < 1.29 is 14.3 Å². The Labute approximate surface area is 239 Å². The van der Waals surface area contributed by atoms with Gasteiger partial charge in [-0.05, 0) is 50.5 Å². The van der Waals surface area contributed by atoms with Crippen LogP contribution in [0.4, 0.5) is 5.82 Å². The fourth-order valence-corrected chi connectivity index (χ4v) is 5.29. The van der Waals surface area contributed by atoms with E-state index in [9.17, 15) is 9.59 Å². The van der Waals surface area contributed by atoms with E-state index in [4.69, 9.17) is 15.6 Å². The van der Waals surface area contributed by atoms with Crippen LogP contribution < -0.4 is 11.1 Å². The lowest BCUT2D eigenvalue weighted by Crippen LogP contribution is -2.39. The predicted octanol–water partition coefficient (Wildman–Crippen LogP) is 3.59. The number of likely N-dealkylation sites (tertiary alicyclic amines) is 1. The van der Waals surface area contributed by atoms with E-state index in [1.165, 1.54) is 12.4 Å². The summed E-state index contributed by atoms with van der Waals surface area (Å²) in [6.45, 7) is 9.15. The predicted molar refractivity (Wildman–Crippen MR) is 158 cm³/mol. The molecule has 5 rings (SSSR count). The van der Waals surface area contributed by atoms with E-state index in [2.05, 4.69) is 21.9 Å². The van der Waals surface area contributed by atoms with Crippen LogP contribution in [-0.2, 0) is 16.6 Å². The molecule has 41 heavy (non-hydrogen) atoms. The molecular weight excluding hydrogens is 520 g/mol. The first-order valence-corrected chi connectivity index (χ1v) is 13.6. The summed E-state index contributed by atoms with van der Waals surface area (Å²) in [6, 6.07) is 7.61. The number of aromatic nitrogens is 5. The summed E-state index contributed by atoms with van der Waals surface area (Å²) in [5, 5.41) is 8.38. The van der Waals surface area contributed by atoms with Crippen molar-refractivity contribution in [2.24, 2.45) is 7.05 Å². The molecule has 1 aromatic carbocycles. The fraction of sp³-hybridized carbons (Fsp3) is 0.367. The van der Waals surface area contributed by atoms with Gasteiger partial charge in [-0.25, -0.2) is 9.97 Å². The Morgan fingerprint density at radius 1 is 1.17 bits per heavy atom. The number of nitrogens with two attached hydrogens (primary N) is 1. The van der Waals surface area contributed by atoms with Gasteiger partial charge in [0, 0.05) is 56.7 Å². The van der Waals surface area contributed by atoms with Crippen LogP contribution >= 0.6 is 0 Å². The van der Waals surface area contributed by atoms with Gasteiger partial charge in [0.15, 0.2) is 0 Å². The van der Waals surface area contributed by atoms with Crippen molar-refractivity contribution in [3.63, 3.8) is 0 Å². The molecule has 0 atom stereocenters. The average molecular weight is 557 g/mol. The lowest BCUT2D eigenvalue weighted by atomic mass is 9.99. The third-order valence-corrected chi connectivity index (χ3v) is 7.86. The van der Waals surface area contributed by atoms with Gasteiger partial charge in [0.25, 0.3) is 5.91 Å². The molecule has 3 N–H and O–H groups in total. The first kappa shape index (κ1) is 28.0. The number of anilines is 1. The molecule has 1 saturated heterocycles. The molecule has 0 saturated carbocycles. The van der Waals surface area contributed by atoms with Gasteiger partial charge in [0.1, 0.15) is 17.8 Å². The van der Waals surface area contributed by atoms with Gasteiger partial charge in [-0.3, -0.25) is 14.3 Å². The Bertz CT molecular complexity index is 1590. The Morgan fingerprint density at radius 2 is 1.88 bits per heavy atom.